The Bertz CT molecular complexity index is 771. The number of carboxylic acids is 1. The van der Waals surface area contributed by atoms with E-state index >= 15 is 0 Å². The highest BCUT2D eigenvalue weighted by atomic mass is 16.5. The largest absolute Gasteiger partial charge is 0.480 e. The number of carbonyl (C=O) groups is 2. The Morgan fingerprint density at radius 2 is 1.70 bits per heavy atom. The fraction of sp³-hybridized carbons (Fsp3) is 0.333. The van der Waals surface area contributed by atoms with Crippen LogP contribution in [0.5, 0.6) is 11.5 Å². The van der Waals surface area contributed by atoms with Crippen LogP contribution in [-0.4, -0.2) is 47.1 Å². The summed E-state index contributed by atoms with van der Waals surface area (Å²) in [6.07, 6.45) is 1.56. The number of hydrogen-bond donors (Lipinski definition) is 2. The number of amides is 1. The number of carboxylic acid groups (broad SMARTS) is 1. The van der Waals surface area contributed by atoms with E-state index < -0.39 is 5.97 Å². The van der Waals surface area contributed by atoms with Crippen molar-refractivity contribution in [3.8, 4) is 11.5 Å². The molecule has 1 fully saturated rings. The molecule has 6 nitrogen and oxygen atoms in total. The van der Waals surface area contributed by atoms with Crippen LogP contribution in [0.1, 0.15) is 30.1 Å². The number of hydrogen-bond acceptors (Lipinski definition) is 4. The molecule has 0 spiro atoms. The smallest absolute Gasteiger partial charge is 0.317 e. The molecular formula is C21H24N2O4. The average Bonchev–Trinajstić information content (AvgIpc) is 2.64. The Morgan fingerprint density at radius 3 is 2.30 bits per heavy atom. The summed E-state index contributed by atoms with van der Waals surface area (Å²) in [7, 11) is 0. The van der Waals surface area contributed by atoms with Gasteiger partial charge in [-0.05, 0) is 55.8 Å². The number of benzene rings is 2. The highest BCUT2D eigenvalue weighted by Crippen LogP contribution is 2.26. The molecule has 0 saturated heterocycles. The number of rotatable bonds is 8. The van der Waals surface area contributed by atoms with E-state index in [2.05, 4.69) is 5.32 Å². The van der Waals surface area contributed by atoms with Crippen LogP contribution in [0.25, 0.3) is 0 Å². The zero-order valence-electron chi connectivity index (χ0n) is 15.3. The number of likely N-dealkylation sites (N-methyl/N-ethyl adjacent to an activating group) is 1. The summed E-state index contributed by atoms with van der Waals surface area (Å²) in [5.41, 5.74) is 0.580. The lowest BCUT2D eigenvalue weighted by Gasteiger charge is -2.42. The number of aliphatic carboxylic acids is 1. The lowest BCUT2D eigenvalue weighted by atomic mass is 9.85. The fourth-order valence-electron chi connectivity index (χ4n) is 3.24. The minimum Gasteiger partial charge on any atom is -0.480 e. The van der Waals surface area contributed by atoms with Crippen molar-refractivity contribution in [2.75, 3.05) is 13.1 Å². The molecule has 0 bridgehead atoms. The number of nitrogens with zero attached hydrogens (tertiary/aromatic N) is 1. The van der Waals surface area contributed by atoms with Crippen molar-refractivity contribution in [1.29, 1.82) is 0 Å². The molecule has 3 rings (SSSR count). The van der Waals surface area contributed by atoms with E-state index in [9.17, 15) is 9.59 Å². The minimum atomic E-state index is -0.817. The lowest BCUT2D eigenvalue weighted by molar-refractivity contribution is -0.139. The van der Waals surface area contributed by atoms with Crippen LogP contribution in [0.3, 0.4) is 0 Å². The predicted octanol–water partition coefficient (Wildman–Crippen LogP) is 3.15. The van der Waals surface area contributed by atoms with Gasteiger partial charge in [-0.3, -0.25) is 14.5 Å². The number of ether oxygens (including phenoxy) is 1. The normalized spacial score (nSPS) is 18.6. The zero-order valence-corrected chi connectivity index (χ0v) is 15.3. The molecule has 2 N–H and O–H groups in total. The van der Waals surface area contributed by atoms with Gasteiger partial charge >= 0.3 is 5.97 Å². The summed E-state index contributed by atoms with van der Waals surface area (Å²) in [5, 5.41) is 11.9. The molecule has 0 unspecified atom stereocenters. The lowest BCUT2D eigenvalue weighted by Crippen LogP contribution is -2.54. The molecule has 1 amide bonds. The molecule has 6 heteroatoms. The maximum atomic E-state index is 12.4. The summed E-state index contributed by atoms with van der Waals surface area (Å²) in [4.78, 5) is 25.2. The van der Waals surface area contributed by atoms with E-state index in [1.807, 2.05) is 42.2 Å². The Labute approximate surface area is 158 Å². The third kappa shape index (κ3) is 5.08. The standard InChI is InChI=1S/C21H24N2O4/c1-2-23(14-20(24)25)17-12-16(13-17)22-21(26)15-8-10-19(11-9-15)27-18-6-4-3-5-7-18/h3-11,16-17H,2,12-14H2,1H3,(H,22,26)(H,24,25). The molecule has 2 aromatic rings. The van der Waals surface area contributed by atoms with Crippen molar-refractivity contribution in [3.63, 3.8) is 0 Å². The maximum Gasteiger partial charge on any atom is 0.317 e. The van der Waals surface area contributed by atoms with Gasteiger partial charge in [0.1, 0.15) is 11.5 Å². The molecule has 2 aromatic carbocycles. The van der Waals surface area contributed by atoms with Gasteiger partial charge in [0.15, 0.2) is 0 Å². The Kier molecular flexibility index (Phi) is 6.08. The summed E-state index contributed by atoms with van der Waals surface area (Å²) in [5.74, 6) is 0.485. The van der Waals surface area contributed by atoms with Crippen LogP contribution in [0, 0.1) is 0 Å². The topological polar surface area (TPSA) is 78.9 Å². The molecule has 1 saturated carbocycles. The van der Waals surface area contributed by atoms with Gasteiger partial charge < -0.3 is 15.2 Å². The molecule has 0 aromatic heterocycles. The Hall–Kier alpha value is -2.86. The SMILES string of the molecule is CCN(CC(=O)O)C1CC(NC(=O)c2ccc(Oc3ccccc3)cc2)C1. The van der Waals surface area contributed by atoms with Gasteiger partial charge in [-0.2, -0.15) is 0 Å². The zero-order chi connectivity index (χ0) is 19.2. The van der Waals surface area contributed by atoms with Crippen LogP contribution < -0.4 is 10.1 Å². The molecule has 27 heavy (non-hydrogen) atoms. The van der Waals surface area contributed by atoms with Crippen molar-refractivity contribution in [2.24, 2.45) is 0 Å². The van der Waals surface area contributed by atoms with Crippen LogP contribution in [-0.2, 0) is 4.79 Å². The van der Waals surface area contributed by atoms with Crippen LogP contribution in [0.2, 0.25) is 0 Å². The molecule has 0 aliphatic heterocycles. The molecule has 142 valence electrons. The summed E-state index contributed by atoms with van der Waals surface area (Å²) >= 11 is 0. The second kappa shape index (κ2) is 8.68. The second-order valence-electron chi connectivity index (χ2n) is 6.69. The average molecular weight is 368 g/mol. The molecule has 1 aliphatic rings. The van der Waals surface area contributed by atoms with Gasteiger partial charge in [0.05, 0.1) is 6.54 Å². The molecule has 0 atom stereocenters. The van der Waals surface area contributed by atoms with E-state index in [1.165, 1.54) is 0 Å². The Morgan fingerprint density at radius 1 is 1.07 bits per heavy atom. The van der Waals surface area contributed by atoms with Gasteiger partial charge in [0.25, 0.3) is 5.91 Å². The van der Waals surface area contributed by atoms with Crippen LogP contribution in [0.4, 0.5) is 0 Å². The first-order chi connectivity index (χ1) is 13.0. The molecule has 0 heterocycles. The first-order valence-electron chi connectivity index (χ1n) is 9.15. The van der Waals surface area contributed by atoms with E-state index in [1.54, 1.807) is 24.3 Å². The first kappa shape index (κ1) is 18.9. The van der Waals surface area contributed by atoms with Crippen molar-refractivity contribution in [1.82, 2.24) is 10.2 Å². The summed E-state index contributed by atoms with van der Waals surface area (Å²) in [6, 6.07) is 16.8. The highest BCUT2D eigenvalue weighted by Gasteiger charge is 2.34. The van der Waals surface area contributed by atoms with Crippen LogP contribution in [0.15, 0.2) is 54.6 Å². The molecule has 0 radical (unpaired) electrons. The van der Waals surface area contributed by atoms with E-state index in [0.29, 0.717) is 17.9 Å². The predicted molar refractivity (Wildman–Crippen MR) is 102 cm³/mol. The van der Waals surface area contributed by atoms with Crippen molar-refractivity contribution >= 4 is 11.9 Å². The van der Waals surface area contributed by atoms with Gasteiger partial charge in [-0.15, -0.1) is 0 Å². The highest BCUT2D eigenvalue weighted by molar-refractivity contribution is 5.94. The monoisotopic (exact) mass is 368 g/mol. The van der Waals surface area contributed by atoms with E-state index in [-0.39, 0.29) is 24.5 Å². The van der Waals surface area contributed by atoms with Crippen molar-refractivity contribution in [3.05, 3.63) is 60.2 Å². The molecule has 1 aliphatic carbocycles. The van der Waals surface area contributed by atoms with Crippen LogP contribution >= 0.6 is 0 Å². The quantitative estimate of drug-likeness (QED) is 0.748. The third-order valence-electron chi connectivity index (χ3n) is 4.80. The fourth-order valence-corrected chi connectivity index (χ4v) is 3.24. The maximum absolute atomic E-state index is 12.4. The minimum absolute atomic E-state index is 0.0463. The number of para-hydroxylation sites is 1. The number of carbonyl (C=O) groups excluding carboxylic acids is 1. The molecular weight excluding hydrogens is 344 g/mol. The Balaban J connectivity index is 1.48. The summed E-state index contributed by atoms with van der Waals surface area (Å²) in [6.45, 7) is 2.69. The van der Waals surface area contributed by atoms with Gasteiger partial charge in [0.2, 0.25) is 0 Å². The third-order valence-corrected chi connectivity index (χ3v) is 4.80. The number of nitrogens with one attached hydrogen (secondary N) is 1. The van der Waals surface area contributed by atoms with Gasteiger partial charge in [-0.1, -0.05) is 25.1 Å². The summed E-state index contributed by atoms with van der Waals surface area (Å²) < 4.78 is 5.73. The van der Waals surface area contributed by atoms with Crippen molar-refractivity contribution in [2.45, 2.75) is 31.8 Å². The van der Waals surface area contributed by atoms with Gasteiger partial charge in [-0.25, -0.2) is 0 Å². The second-order valence-corrected chi connectivity index (χ2v) is 6.69. The van der Waals surface area contributed by atoms with Crippen molar-refractivity contribution < 1.29 is 19.4 Å². The van der Waals surface area contributed by atoms with E-state index in [4.69, 9.17) is 9.84 Å². The first-order valence-corrected chi connectivity index (χ1v) is 9.15. The van der Waals surface area contributed by atoms with E-state index in [0.717, 1.165) is 18.6 Å². The van der Waals surface area contributed by atoms with Gasteiger partial charge in [0, 0.05) is 17.6 Å².